The van der Waals surface area contributed by atoms with E-state index in [0.29, 0.717) is 23.0 Å². The molecule has 3 heterocycles. The highest BCUT2D eigenvalue weighted by Gasteiger charge is 2.56. The Hall–Kier alpha value is -1.33. The van der Waals surface area contributed by atoms with E-state index in [2.05, 4.69) is 11.6 Å². The number of aromatic nitrogens is 1. The number of rotatable bonds is 6. The number of hydrogen-bond donors (Lipinski definition) is 1. The third-order valence-electron chi connectivity index (χ3n) is 4.82. The topological polar surface area (TPSA) is 94.1 Å². The monoisotopic (exact) mass is 386 g/mol. The zero-order valence-corrected chi connectivity index (χ0v) is 15.8. The van der Waals surface area contributed by atoms with Crippen molar-refractivity contribution in [2.24, 2.45) is 5.92 Å². The van der Waals surface area contributed by atoms with Crippen LogP contribution in [0.4, 0.5) is 5.13 Å². The number of amides is 1. The highest BCUT2D eigenvalue weighted by molar-refractivity contribution is 7.86. The fraction of sp³-hybridized carbons (Fsp3) is 0.600. The largest absolute Gasteiger partial charge is 0.391 e. The lowest BCUT2D eigenvalue weighted by Gasteiger charge is -2.29. The van der Waals surface area contributed by atoms with E-state index < -0.39 is 22.2 Å². The fourth-order valence-electron chi connectivity index (χ4n) is 3.61. The average molecular weight is 386 g/mol. The van der Waals surface area contributed by atoms with Crippen LogP contribution in [0.1, 0.15) is 18.2 Å². The molecule has 0 bridgehead atoms. The molecular weight excluding hydrogens is 364 g/mol. The summed E-state index contributed by atoms with van der Waals surface area (Å²) in [5.41, 5.74) is 0. The molecule has 1 N–H and O–H groups in total. The molecule has 3 rings (SSSR count). The highest BCUT2D eigenvalue weighted by Crippen LogP contribution is 2.41. The maximum atomic E-state index is 12.8. The first kappa shape index (κ1) is 18.5. The zero-order chi connectivity index (χ0) is 18.4. The molecule has 1 amide bonds. The van der Waals surface area contributed by atoms with Gasteiger partial charge in [-0.2, -0.15) is 17.0 Å². The molecule has 0 aromatic carbocycles. The van der Waals surface area contributed by atoms with Crippen molar-refractivity contribution in [3.8, 4) is 0 Å². The molecule has 0 aliphatic carbocycles. The number of nitrogens with zero attached hydrogens (tertiary/aromatic N) is 4. The Morgan fingerprint density at radius 3 is 2.88 bits per heavy atom. The molecule has 0 spiro atoms. The van der Waals surface area contributed by atoms with E-state index in [1.54, 1.807) is 18.0 Å². The summed E-state index contributed by atoms with van der Waals surface area (Å²) in [5, 5.41) is 9.75. The van der Waals surface area contributed by atoms with Crippen LogP contribution in [0, 0.1) is 5.92 Å². The molecule has 2 aliphatic heterocycles. The van der Waals surface area contributed by atoms with Gasteiger partial charge in [0, 0.05) is 26.3 Å². The Bertz CT molecular complexity index is 778. The van der Waals surface area contributed by atoms with E-state index in [-0.39, 0.29) is 25.1 Å². The summed E-state index contributed by atoms with van der Waals surface area (Å²) in [6.07, 6.45) is 3.65. The minimum Gasteiger partial charge on any atom is -0.391 e. The van der Waals surface area contributed by atoms with Gasteiger partial charge in [-0.05, 0) is 6.42 Å². The van der Waals surface area contributed by atoms with Crippen LogP contribution in [0.3, 0.4) is 0 Å². The van der Waals surface area contributed by atoms with Gasteiger partial charge in [0.25, 0.3) is 10.2 Å². The number of anilines is 1. The average Bonchev–Trinajstić information content (AvgIpc) is 3.26. The molecule has 3 atom stereocenters. The van der Waals surface area contributed by atoms with Gasteiger partial charge in [0.05, 0.1) is 29.5 Å². The van der Waals surface area contributed by atoms with Gasteiger partial charge < -0.3 is 5.11 Å². The second-order valence-electron chi connectivity index (χ2n) is 6.30. The predicted octanol–water partition coefficient (Wildman–Crippen LogP) is 0.424. The fourth-order valence-corrected chi connectivity index (χ4v) is 6.06. The minimum atomic E-state index is -3.66. The first-order valence-corrected chi connectivity index (χ1v) is 10.3. The molecule has 2 saturated heterocycles. The first-order chi connectivity index (χ1) is 11.8. The van der Waals surface area contributed by atoms with E-state index in [0.717, 1.165) is 0 Å². The summed E-state index contributed by atoms with van der Waals surface area (Å²) in [7, 11) is -2.15. The smallest absolute Gasteiger partial charge is 0.282 e. The zero-order valence-electron chi connectivity index (χ0n) is 14.2. The molecular formula is C15H22N4O4S2. The normalized spacial score (nSPS) is 27.3. The van der Waals surface area contributed by atoms with Crippen LogP contribution in [0.15, 0.2) is 18.9 Å². The maximum absolute atomic E-state index is 12.8. The van der Waals surface area contributed by atoms with Gasteiger partial charge >= 0.3 is 0 Å². The SMILES string of the molecule is C=CCN(C)S(=O)(=O)N1CC[C@H]2[C@H]1[C@H](C)C(=O)N2c1ncc(CO)s1. The molecule has 2 aliphatic rings. The molecule has 0 saturated carbocycles. The van der Waals surface area contributed by atoms with Gasteiger partial charge in [-0.15, -0.1) is 6.58 Å². The third kappa shape index (κ3) is 2.91. The van der Waals surface area contributed by atoms with Crippen molar-refractivity contribution < 1.29 is 18.3 Å². The minimum absolute atomic E-state index is 0.125. The first-order valence-electron chi connectivity index (χ1n) is 8.05. The standard InChI is InChI=1S/C15H22N4O4S2/c1-4-6-17(3)25(22,23)18-7-5-12-13(18)10(2)14(21)19(12)15-16-8-11(9-20)24-15/h4,8,10,12-13,20H,1,5-7,9H2,2-3H3/t10-,12-,13+/m0/s1. The number of likely N-dealkylation sites (N-methyl/N-ethyl adjacent to an activating group) is 1. The Morgan fingerprint density at radius 1 is 1.56 bits per heavy atom. The van der Waals surface area contributed by atoms with Crippen molar-refractivity contribution in [3.05, 3.63) is 23.7 Å². The maximum Gasteiger partial charge on any atom is 0.282 e. The van der Waals surface area contributed by atoms with Crippen LogP contribution in [-0.4, -0.2) is 65.2 Å². The summed E-state index contributed by atoms with van der Waals surface area (Å²) in [6.45, 7) is 5.80. The van der Waals surface area contributed by atoms with E-state index in [1.807, 2.05) is 0 Å². The number of fused-ring (bicyclic) bond motifs is 1. The summed E-state index contributed by atoms with van der Waals surface area (Å²) in [6, 6.07) is -0.640. The van der Waals surface area contributed by atoms with E-state index in [4.69, 9.17) is 0 Å². The Labute approximate surface area is 151 Å². The Kier molecular flexibility index (Phi) is 5.00. The van der Waals surface area contributed by atoms with Gasteiger partial charge in [-0.3, -0.25) is 9.69 Å². The van der Waals surface area contributed by atoms with Crippen molar-refractivity contribution in [2.45, 2.75) is 32.0 Å². The molecule has 10 heteroatoms. The lowest BCUT2D eigenvalue weighted by atomic mass is 10.0. The van der Waals surface area contributed by atoms with Crippen molar-refractivity contribution >= 4 is 32.6 Å². The Balaban J connectivity index is 1.91. The van der Waals surface area contributed by atoms with Crippen molar-refractivity contribution in [2.75, 3.05) is 25.0 Å². The number of thiazole rings is 1. The van der Waals surface area contributed by atoms with E-state index in [9.17, 15) is 18.3 Å². The number of aliphatic hydroxyl groups excluding tert-OH is 1. The summed E-state index contributed by atoms with van der Waals surface area (Å²) >= 11 is 1.26. The molecule has 25 heavy (non-hydrogen) atoms. The van der Waals surface area contributed by atoms with Crippen LogP contribution in [-0.2, 0) is 21.6 Å². The second kappa shape index (κ2) is 6.76. The van der Waals surface area contributed by atoms with Gasteiger partial charge in [0.1, 0.15) is 0 Å². The summed E-state index contributed by atoms with van der Waals surface area (Å²) < 4.78 is 28.4. The van der Waals surface area contributed by atoms with Crippen molar-refractivity contribution in [1.82, 2.24) is 13.6 Å². The molecule has 8 nitrogen and oxygen atoms in total. The van der Waals surface area contributed by atoms with Crippen LogP contribution in [0.25, 0.3) is 0 Å². The lowest BCUT2D eigenvalue weighted by molar-refractivity contribution is -0.120. The molecule has 138 valence electrons. The van der Waals surface area contributed by atoms with Gasteiger partial charge in [-0.25, -0.2) is 4.98 Å². The van der Waals surface area contributed by atoms with Gasteiger partial charge in [0.15, 0.2) is 5.13 Å². The van der Waals surface area contributed by atoms with Crippen LogP contribution in [0.5, 0.6) is 0 Å². The summed E-state index contributed by atoms with van der Waals surface area (Å²) in [4.78, 5) is 19.3. The Morgan fingerprint density at radius 2 is 2.28 bits per heavy atom. The molecule has 2 fully saturated rings. The number of aliphatic hydroxyl groups is 1. The van der Waals surface area contributed by atoms with E-state index >= 15 is 0 Å². The second-order valence-corrected chi connectivity index (χ2v) is 9.38. The summed E-state index contributed by atoms with van der Waals surface area (Å²) in [5.74, 6) is -0.569. The predicted molar refractivity (Wildman–Crippen MR) is 95.3 cm³/mol. The van der Waals surface area contributed by atoms with Crippen LogP contribution < -0.4 is 4.90 Å². The van der Waals surface area contributed by atoms with Gasteiger partial charge in [-0.1, -0.05) is 24.3 Å². The van der Waals surface area contributed by atoms with Crippen molar-refractivity contribution in [1.29, 1.82) is 0 Å². The third-order valence-corrected chi connectivity index (χ3v) is 7.76. The molecule has 0 radical (unpaired) electrons. The molecule has 0 unspecified atom stereocenters. The number of carbonyl (C=O) groups excluding carboxylic acids is 1. The number of carbonyl (C=O) groups is 1. The quantitative estimate of drug-likeness (QED) is 0.716. The van der Waals surface area contributed by atoms with Gasteiger partial charge in [0.2, 0.25) is 5.91 Å². The molecule has 1 aromatic heterocycles. The lowest BCUT2D eigenvalue weighted by Crippen LogP contribution is -2.47. The van der Waals surface area contributed by atoms with Crippen LogP contribution >= 0.6 is 11.3 Å². The van der Waals surface area contributed by atoms with Crippen LogP contribution in [0.2, 0.25) is 0 Å². The highest BCUT2D eigenvalue weighted by atomic mass is 32.2. The van der Waals surface area contributed by atoms with Crippen molar-refractivity contribution in [3.63, 3.8) is 0 Å². The van der Waals surface area contributed by atoms with E-state index in [1.165, 1.54) is 33.1 Å². The number of hydrogen-bond acceptors (Lipinski definition) is 6. The molecule has 1 aromatic rings.